The number of aryl methyl sites for hydroxylation is 2. The molecule has 3 aromatic heterocycles. The highest BCUT2D eigenvalue weighted by Gasteiger charge is 2.42. The normalized spacial score (nSPS) is 16.8. The molecule has 0 bridgehead atoms. The van der Waals surface area contributed by atoms with Gasteiger partial charge >= 0.3 is 12.1 Å². The van der Waals surface area contributed by atoms with E-state index in [1.54, 1.807) is 28.4 Å². The van der Waals surface area contributed by atoms with Gasteiger partial charge in [0.15, 0.2) is 5.78 Å². The van der Waals surface area contributed by atoms with Gasteiger partial charge in [-0.05, 0) is 295 Å². The number of aliphatic carboxylic acids is 1. The molecule has 2 aliphatic carbocycles. The van der Waals surface area contributed by atoms with E-state index < -0.39 is 23.8 Å². The van der Waals surface area contributed by atoms with E-state index >= 15 is 0 Å². The number of thiophene rings is 1. The molecular formula is C124H155Cl2N11O12S. The van der Waals surface area contributed by atoms with Crippen molar-refractivity contribution in [3.8, 4) is 5.75 Å². The number of aliphatic hydroxyl groups is 4. The summed E-state index contributed by atoms with van der Waals surface area (Å²) in [5.41, 5.74) is 23.2. The number of ketones is 1. The van der Waals surface area contributed by atoms with Gasteiger partial charge in [-0.15, -0.1) is 11.3 Å². The Balaban J connectivity index is 0.000000144. The van der Waals surface area contributed by atoms with E-state index in [1.807, 2.05) is 114 Å². The summed E-state index contributed by atoms with van der Waals surface area (Å²) in [6, 6.07) is 81.6. The van der Waals surface area contributed by atoms with Gasteiger partial charge < -0.3 is 79.2 Å². The number of aliphatic hydroxyl groups excluding tert-OH is 3. The van der Waals surface area contributed by atoms with Crippen molar-refractivity contribution < 1.29 is 59.2 Å². The maximum atomic E-state index is 12.6. The molecule has 26 heteroatoms. The number of ether oxygens (including phenoxy) is 3. The van der Waals surface area contributed by atoms with Crippen LogP contribution in [0.25, 0.3) is 22.2 Å². The summed E-state index contributed by atoms with van der Waals surface area (Å²) in [7, 11) is 4.38. The zero-order valence-electron chi connectivity index (χ0n) is 89.3. The molecule has 5 saturated heterocycles. The van der Waals surface area contributed by atoms with Gasteiger partial charge in [0.05, 0.1) is 66.3 Å². The number of aromatic nitrogens is 3. The number of imidazole rings is 1. The molecule has 798 valence electrons. The summed E-state index contributed by atoms with van der Waals surface area (Å²) < 4.78 is 18.2. The van der Waals surface area contributed by atoms with Gasteiger partial charge in [-0.3, -0.25) is 19.6 Å². The molecule has 0 spiro atoms. The first-order valence-electron chi connectivity index (χ1n) is 53.6. The average molecular weight is 2090 g/mol. The van der Waals surface area contributed by atoms with E-state index in [1.165, 1.54) is 90.4 Å². The van der Waals surface area contributed by atoms with Crippen molar-refractivity contribution in [3.63, 3.8) is 0 Å². The topological polar surface area (TPSA) is 266 Å². The lowest BCUT2D eigenvalue weighted by Gasteiger charge is -2.42. The van der Waals surface area contributed by atoms with Crippen molar-refractivity contribution in [1.29, 1.82) is 0 Å². The Bertz CT molecular complexity index is 6300. The maximum Gasteiger partial charge on any atom is 0.409 e. The maximum absolute atomic E-state index is 12.6. The van der Waals surface area contributed by atoms with Crippen LogP contribution >= 0.6 is 34.5 Å². The number of benzene rings is 9. The number of carbonyl (C=O) groups excluding carboxylic acids is 2. The fraction of sp³-hybridized carbons (Fsp3) is 0.427. The number of piperazine rings is 1. The van der Waals surface area contributed by atoms with E-state index in [0.717, 1.165) is 224 Å². The number of hydrogen-bond donors (Lipinski definition) is 7. The third-order valence-electron chi connectivity index (χ3n) is 29.5. The van der Waals surface area contributed by atoms with Crippen molar-refractivity contribution in [1.82, 2.24) is 49.3 Å². The SMILES string of the molecule is CC(C)(C)NCC(O)c1ccc(O)c(CO)c1.CC(C)(C)c1ccc(C(O)CCCN2CCC(C(O)(c3ccccc3)c3ccccc3)CC2)cc1.CCOC(=O)N1CCC(=C2c3ccc(Cl)cc3CCc3cccnc32)CC1.CCOCCn1c(N2CCCN(C)CC2)nc2ccccc21.CN1CCC(=C2c3ccccc3CC(=O)c3sccc32)CC1.O=C(O)COCCN1CCN(C(c2ccccc2)c2ccc(Cl)cc2)CC1. The molecule has 3 unspecified atom stereocenters. The highest BCUT2D eigenvalue weighted by atomic mass is 35.5. The number of anilines is 1. The summed E-state index contributed by atoms with van der Waals surface area (Å²) in [6.45, 7) is 35.2. The molecule has 9 aromatic carbocycles. The Kier molecular flexibility index (Phi) is 42.7. The van der Waals surface area contributed by atoms with Gasteiger partial charge in [0.1, 0.15) is 18.0 Å². The zero-order valence-corrected chi connectivity index (χ0v) is 91.6. The first-order chi connectivity index (χ1) is 72.4. The number of phenols is 1. The number of likely N-dealkylation sites (tertiary alicyclic amines) is 3. The average Bonchev–Trinajstić information content (AvgIpc) is 1.62. The predicted molar refractivity (Wildman–Crippen MR) is 606 cm³/mol. The molecule has 8 heterocycles. The van der Waals surface area contributed by atoms with Crippen LogP contribution < -0.4 is 10.2 Å². The van der Waals surface area contributed by atoms with Crippen molar-refractivity contribution in [3.05, 3.63) is 364 Å². The lowest BCUT2D eigenvalue weighted by atomic mass is 9.72. The molecular weight excluding hydrogens is 1940 g/mol. The number of rotatable bonds is 26. The Hall–Kier alpha value is -11.1. The number of aromatic hydroxyl groups is 1. The molecule has 3 atom stereocenters. The molecule has 23 nitrogen and oxygen atoms in total. The highest BCUT2D eigenvalue weighted by Crippen LogP contribution is 2.46. The third-order valence-corrected chi connectivity index (χ3v) is 30.9. The number of carboxylic acid groups (broad SMARTS) is 1. The first kappa shape index (κ1) is 114. The Morgan fingerprint density at radius 3 is 1.80 bits per heavy atom. The standard InChI is InChI=1S/C32H41NO2.C22H23ClN2O2.C21H25ClN2O3.C19H19NOS.C17H26N4O.C13H21NO3/c1-31(2,3)26-18-16-25(17-19-26)30(34)15-10-22-33-23-20-29(21-24-33)32(35,27-11-6-4-7-12-27)28-13-8-5-9-14-28;1-2-27-22(26)25-12-9-15(10-13-25)20-19-8-7-18(23)14-17(19)6-5-16-4-3-11-24-21(16)20;22-19-8-6-18(7-9-19)21(17-4-2-1-3-5-17)24-12-10-23(11-13-24)14-15-27-16-20(25)26;1-20-9-6-13(7-10-20)18-15-5-3-2-4-14(15)12-17(21)19-16(18)8-11-22-19;1-3-22-14-13-21-16-8-5-4-7-15(16)18-17(21)20-10-6-9-19(2)11-12-20;1-13(2,3)14-7-12(17)9-4-5-11(16)10(6-9)8-15/h4-9,11-14,16-19,29-30,34-35H,10,15,20-24H2,1-3H3;3-4,7-8,11,14H,2,5-6,9-10,12-13H2,1H3;1-9,21H,10-16H2,(H,25,26);2-5,8,11H,6-7,9-10,12H2,1H3;4-5,7-8H,3,6,9-14H2,1-2H3;4-6,12,14-17H,7-8H2,1-3H3. The molecule has 12 aromatic rings. The van der Waals surface area contributed by atoms with Crippen LogP contribution in [0.5, 0.6) is 5.75 Å². The van der Waals surface area contributed by atoms with Gasteiger partial charge in [0.25, 0.3) is 0 Å². The Labute approximate surface area is 902 Å². The van der Waals surface area contributed by atoms with Crippen LogP contribution in [0.2, 0.25) is 10.0 Å². The number of carbonyl (C=O) groups is 3. The number of likely N-dealkylation sites (N-methyl/N-ethyl adjacent to an activating group) is 1. The second-order valence-corrected chi connectivity index (χ2v) is 43.9. The van der Waals surface area contributed by atoms with E-state index in [0.29, 0.717) is 50.4 Å². The van der Waals surface area contributed by atoms with E-state index in [-0.39, 0.29) is 53.8 Å². The van der Waals surface area contributed by atoms with Crippen LogP contribution in [0, 0.1) is 5.92 Å². The number of nitrogens with zero attached hydrogens (tertiary/aromatic N) is 10. The molecule has 0 saturated carbocycles. The number of hydrogen-bond acceptors (Lipinski definition) is 21. The van der Waals surface area contributed by atoms with E-state index in [2.05, 4.69) is 231 Å². The van der Waals surface area contributed by atoms with Crippen LogP contribution in [-0.4, -0.2) is 256 Å². The van der Waals surface area contributed by atoms with Crippen molar-refractivity contribution >= 4 is 80.5 Å². The molecule has 5 aliphatic heterocycles. The predicted octanol–water partition coefficient (Wildman–Crippen LogP) is 22.0. The molecule has 7 aliphatic rings. The van der Waals surface area contributed by atoms with Crippen LogP contribution in [0.1, 0.15) is 225 Å². The van der Waals surface area contributed by atoms with Crippen LogP contribution in [0.4, 0.5) is 10.7 Å². The fourth-order valence-corrected chi connectivity index (χ4v) is 22.3. The minimum Gasteiger partial charge on any atom is -0.508 e. The third kappa shape index (κ3) is 31.6. The van der Waals surface area contributed by atoms with Gasteiger partial charge in [-0.25, -0.2) is 14.6 Å². The number of carboxylic acids is 1. The van der Waals surface area contributed by atoms with Crippen molar-refractivity contribution in [2.45, 2.75) is 180 Å². The van der Waals surface area contributed by atoms with Crippen LogP contribution in [-0.2, 0) is 62.4 Å². The Morgan fingerprint density at radius 1 is 0.540 bits per heavy atom. The van der Waals surface area contributed by atoms with Gasteiger partial charge in [0.2, 0.25) is 5.95 Å². The molecule has 0 radical (unpaired) electrons. The highest BCUT2D eigenvalue weighted by molar-refractivity contribution is 7.12. The number of para-hydroxylation sites is 2. The van der Waals surface area contributed by atoms with E-state index in [9.17, 15) is 34.8 Å². The number of β-amino-alcohol motifs (C(OH)–C–C–N with tert-alkyl or cyclic N) is 1. The molecule has 19 rings (SSSR count). The minimum atomic E-state index is -0.968. The quantitative estimate of drug-likeness (QED) is 0.0248. The molecule has 7 N–H and O–H groups in total. The Morgan fingerprint density at radius 2 is 1.13 bits per heavy atom. The lowest BCUT2D eigenvalue weighted by molar-refractivity contribution is -0.142. The summed E-state index contributed by atoms with van der Waals surface area (Å²) >= 11 is 13.9. The monoisotopic (exact) mass is 2090 g/mol. The number of fused-ring (bicyclic) bond motifs is 5. The lowest BCUT2D eigenvalue weighted by Crippen LogP contribution is -2.48. The molecule has 150 heavy (non-hydrogen) atoms. The van der Waals surface area contributed by atoms with Gasteiger partial charge in [-0.2, -0.15) is 0 Å². The van der Waals surface area contributed by atoms with E-state index in [4.69, 9.17) is 57.6 Å². The second-order valence-electron chi connectivity index (χ2n) is 42.1. The summed E-state index contributed by atoms with van der Waals surface area (Å²) in [5, 5.41) is 66.6. The summed E-state index contributed by atoms with van der Waals surface area (Å²) in [5.74, 6) is 0.661. The number of nitrogens with one attached hydrogen (secondary N) is 1. The minimum absolute atomic E-state index is 0.0484. The second kappa shape index (κ2) is 56.0. The van der Waals surface area contributed by atoms with Crippen LogP contribution in [0.3, 0.4) is 0 Å². The molecule has 1 amide bonds. The van der Waals surface area contributed by atoms with Crippen LogP contribution in [0.15, 0.2) is 265 Å². The number of halogens is 2. The van der Waals surface area contributed by atoms with Crippen molar-refractivity contribution in [2.24, 2.45) is 5.92 Å². The summed E-state index contributed by atoms with van der Waals surface area (Å²) in [4.78, 5) is 62.0. The van der Waals surface area contributed by atoms with Gasteiger partial charge in [0, 0.05) is 143 Å². The fourth-order valence-electron chi connectivity index (χ4n) is 21.1. The first-order valence-corrected chi connectivity index (χ1v) is 55.3. The number of piperidine rings is 3. The largest absolute Gasteiger partial charge is 0.508 e. The zero-order chi connectivity index (χ0) is 106. The van der Waals surface area contributed by atoms with Gasteiger partial charge in [-0.1, -0.05) is 237 Å². The smallest absolute Gasteiger partial charge is 0.409 e. The number of amides is 1. The summed E-state index contributed by atoms with van der Waals surface area (Å²) in [6.07, 6.45) is 11.7. The number of pyridine rings is 1. The molecule has 5 fully saturated rings. The van der Waals surface area contributed by atoms with Crippen molar-refractivity contribution in [2.75, 3.05) is 163 Å². The number of Topliss-reactive ketones (excluding diaryl/α,β-unsaturated/α-hetero) is 1.